The van der Waals surface area contributed by atoms with Gasteiger partial charge >= 0.3 is 5.76 Å². The molecule has 1 unspecified atom stereocenters. The standard InChI is InChI=1S/C19H22N2O4/c22-17(13-3-1-4-14-15(13)20-18(23)25-14)21-11-19(7-2-8-19)16(21)12-5-9-24-10-6-12/h1,3-4,12,16H,2,5-11H2,(H,20,23). The van der Waals surface area contributed by atoms with Crippen molar-refractivity contribution in [2.24, 2.45) is 11.3 Å². The highest BCUT2D eigenvalue weighted by molar-refractivity contribution is 6.04. The number of aromatic amines is 1. The molecule has 5 rings (SSSR count). The van der Waals surface area contributed by atoms with Gasteiger partial charge in [-0.1, -0.05) is 12.5 Å². The first-order chi connectivity index (χ1) is 12.2. The second-order valence-electron chi connectivity index (χ2n) is 7.74. The first kappa shape index (κ1) is 15.2. The molecule has 1 spiro atoms. The maximum atomic E-state index is 13.3. The number of para-hydroxylation sites is 1. The fourth-order valence-electron chi connectivity index (χ4n) is 5.12. The maximum absolute atomic E-state index is 13.3. The molecule has 1 amide bonds. The third-order valence-corrected chi connectivity index (χ3v) is 6.46. The van der Waals surface area contributed by atoms with Gasteiger partial charge in [0.25, 0.3) is 5.91 Å². The zero-order valence-electron chi connectivity index (χ0n) is 14.1. The Bertz CT molecular complexity index is 873. The summed E-state index contributed by atoms with van der Waals surface area (Å²) in [5, 5.41) is 0. The van der Waals surface area contributed by atoms with Crippen LogP contribution in [0.5, 0.6) is 0 Å². The number of nitrogens with one attached hydrogen (secondary N) is 1. The van der Waals surface area contributed by atoms with Crippen LogP contribution in [-0.4, -0.2) is 41.6 Å². The van der Waals surface area contributed by atoms with Gasteiger partial charge in [0.15, 0.2) is 5.58 Å². The second-order valence-corrected chi connectivity index (χ2v) is 7.74. The number of H-pyrrole nitrogens is 1. The minimum absolute atomic E-state index is 0.0108. The molecule has 3 heterocycles. The van der Waals surface area contributed by atoms with E-state index in [0.717, 1.165) is 32.6 Å². The molecule has 25 heavy (non-hydrogen) atoms. The number of rotatable bonds is 2. The highest BCUT2D eigenvalue weighted by Gasteiger charge is 2.59. The number of oxazole rings is 1. The number of hydrogen-bond acceptors (Lipinski definition) is 4. The summed E-state index contributed by atoms with van der Waals surface area (Å²) in [5.41, 5.74) is 1.82. The molecule has 3 fully saturated rings. The minimum atomic E-state index is -0.518. The van der Waals surface area contributed by atoms with Crippen molar-refractivity contribution in [3.63, 3.8) is 0 Å². The van der Waals surface area contributed by atoms with Crippen LogP contribution in [0.15, 0.2) is 27.4 Å². The molecule has 1 saturated carbocycles. The van der Waals surface area contributed by atoms with Gasteiger partial charge in [0.1, 0.15) is 0 Å². The lowest BCUT2D eigenvalue weighted by molar-refractivity contribution is -0.140. The van der Waals surface area contributed by atoms with E-state index in [4.69, 9.17) is 9.15 Å². The number of carbonyl (C=O) groups excluding carboxylic acids is 1. The number of likely N-dealkylation sites (tertiary alicyclic amines) is 1. The van der Waals surface area contributed by atoms with Crippen LogP contribution < -0.4 is 5.76 Å². The van der Waals surface area contributed by atoms with Crippen LogP contribution in [0.25, 0.3) is 11.1 Å². The van der Waals surface area contributed by atoms with E-state index in [1.807, 2.05) is 4.90 Å². The molecule has 132 valence electrons. The highest BCUT2D eigenvalue weighted by Crippen LogP contribution is 2.57. The summed E-state index contributed by atoms with van der Waals surface area (Å²) in [6.07, 6.45) is 5.79. The third kappa shape index (κ3) is 2.20. The maximum Gasteiger partial charge on any atom is 0.417 e. The number of ether oxygens (including phenoxy) is 1. The summed E-state index contributed by atoms with van der Waals surface area (Å²) in [6, 6.07) is 5.58. The van der Waals surface area contributed by atoms with E-state index < -0.39 is 5.76 Å². The van der Waals surface area contributed by atoms with Crippen molar-refractivity contribution in [2.75, 3.05) is 19.8 Å². The van der Waals surface area contributed by atoms with Crippen molar-refractivity contribution in [1.29, 1.82) is 0 Å². The van der Waals surface area contributed by atoms with Crippen LogP contribution in [-0.2, 0) is 4.74 Å². The third-order valence-electron chi connectivity index (χ3n) is 6.46. The van der Waals surface area contributed by atoms with Gasteiger partial charge in [-0.2, -0.15) is 0 Å². The van der Waals surface area contributed by atoms with Gasteiger partial charge in [-0.25, -0.2) is 4.79 Å². The lowest BCUT2D eigenvalue weighted by Gasteiger charge is -2.65. The van der Waals surface area contributed by atoms with Crippen molar-refractivity contribution in [3.05, 3.63) is 34.3 Å². The summed E-state index contributed by atoms with van der Waals surface area (Å²) in [5.74, 6) is 0.0151. The molecule has 6 heteroatoms. The Balaban J connectivity index is 1.48. The van der Waals surface area contributed by atoms with E-state index >= 15 is 0 Å². The van der Waals surface area contributed by atoms with Crippen LogP contribution in [0.4, 0.5) is 0 Å². The molecule has 1 aromatic carbocycles. The van der Waals surface area contributed by atoms with Crippen LogP contribution in [0.3, 0.4) is 0 Å². The molecule has 0 bridgehead atoms. The van der Waals surface area contributed by atoms with Crippen molar-refractivity contribution in [2.45, 2.75) is 38.1 Å². The predicted molar refractivity (Wildman–Crippen MR) is 91.5 cm³/mol. The van der Waals surface area contributed by atoms with Gasteiger partial charge in [-0.15, -0.1) is 0 Å². The van der Waals surface area contributed by atoms with E-state index in [1.54, 1.807) is 18.2 Å². The molecule has 2 aliphatic heterocycles. The molecular weight excluding hydrogens is 320 g/mol. The van der Waals surface area contributed by atoms with Crippen LogP contribution >= 0.6 is 0 Å². The number of benzene rings is 1. The van der Waals surface area contributed by atoms with Gasteiger partial charge in [0, 0.05) is 31.2 Å². The number of nitrogens with zero attached hydrogens (tertiary/aromatic N) is 1. The van der Waals surface area contributed by atoms with Gasteiger partial charge in [-0.05, 0) is 43.7 Å². The zero-order valence-corrected chi connectivity index (χ0v) is 14.1. The number of hydrogen-bond donors (Lipinski definition) is 1. The molecular formula is C19H22N2O4. The Hall–Kier alpha value is -2.08. The minimum Gasteiger partial charge on any atom is -0.408 e. The van der Waals surface area contributed by atoms with Crippen molar-refractivity contribution < 1.29 is 13.9 Å². The fourth-order valence-corrected chi connectivity index (χ4v) is 5.12. The predicted octanol–water partition coefficient (Wildman–Crippen LogP) is 2.54. The Morgan fingerprint density at radius 2 is 2.04 bits per heavy atom. The monoisotopic (exact) mass is 342 g/mol. The molecule has 2 aromatic rings. The molecule has 1 aliphatic carbocycles. The van der Waals surface area contributed by atoms with E-state index in [0.29, 0.717) is 34.0 Å². The quantitative estimate of drug-likeness (QED) is 0.910. The Morgan fingerprint density at radius 1 is 1.24 bits per heavy atom. The van der Waals surface area contributed by atoms with Gasteiger partial charge in [0.05, 0.1) is 11.1 Å². The first-order valence-electron chi connectivity index (χ1n) is 9.19. The lowest BCUT2D eigenvalue weighted by atomic mass is 9.54. The number of amides is 1. The summed E-state index contributed by atoms with van der Waals surface area (Å²) in [6.45, 7) is 2.43. The molecule has 0 radical (unpaired) electrons. The summed E-state index contributed by atoms with van der Waals surface area (Å²) >= 11 is 0. The van der Waals surface area contributed by atoms with Gasteiger partial charge in [-0.3, -0.25) is 9.78 Å². The Labute approximate surface area is 145 Å². The normalized spacial score (nSPS) is 25.8. The molecule has 1 aromatic heterocycles. The largest absolute Gasteiger partial charge is 0.417 e. The Kier molecular flexibility index (Phi) is 3.32. The van der Waals surface area contributed by atoms with Crippen molar-refractivity contribution in [1.82, 2.24) is 9.88 Å². The molecule has 2 saturated heterocycles. The van der Waals surface area contributed by atoms with Gasteiger partial charge in [0.2, 0.25) is 0 Å². The smallest absolute Gasteiger partial charge is 0.408 e. The fraction of sp³-hybridized carbons (Fsp3) is 0.579. The molecule has 6 nitrogen and oxygen atoms in total. The topological polar surface area (TPSA) is 75.5 Å². The zero-order chi connectivity index (χ0) is 17.0. The van der Waals surface area contributed by atoms with E-state index in [2.05, 4.69) is 4.98 Å². The lowest BCUT2D eigenvalue weighted by Crippen LogP contribution is -2.71. The molecule has 1 atom stereocenters. The Morgan fingerprint density at radius 3 is 2.76 bits per heavy atom. The number of aromatic nitrogens is 1. The SMILES string of the molecule is O=C(c1cccc2oc(=O)[nH]c12)N1CC2(CCC2)C1C1CCOCC1. The van der Waals surface area contributed by atoms with Crippen LogP contribution in [0.2, 0.25) is 0 Å². The summed E-state index contributed by atoms with van der Waals surface area (Å²) in [7, 11) is 0. The van der Waals surface area contributed by atoms with Crippen LogP contribution in [0.1, 0.15) is 42.5 Å². The number of fused-ring (bicyclic) bond motifs is 1. The summed E-state index contributed by atoms with van der Waals surface area (Å²) in [4.78, 5) is 29.5. The van der Waals surface area contributed by atoms with E-state index in [-0.39, 0.29) is 5.91 Å². The van der Waals surface area contributed by atoms with E-state index in [9.17, 15) is 9.59 Å². The van der Waals surface area contributed by atoms with E-state index in [1.165, 1.54) is 19.3 Å². The number of carbonyl (C=O) groups is 1. The molecule has 1 N–H and O–H groups in total. The highest BCUT2D eigenvalue weighted by atomic mass is 16.5. The average Bonchev–Trinajstić information content (AvgIpc) is 2.93. The van der Waals surface area contributed by atoms with Crippen molar-refractivity contribution >= 4 is 17.0 Å². The van der Waals surface area contributed by atoms with Gasteiger partial charge < -0.3 is 14.1 Å². The van der Waals surface area contributed by atoms with Crippen LogP contribution in [0, 0.1) is 11.3 Å². The second kappa shape index (κ2) is 5.46. The molecule has 3 aliphatic rings. The van der Waals surface area contributed by atoms with Crippen molar-refractivity contribution in [3.8, 4) is 0 Å². The first-order valence-corrected chi connectivity index (χ1v) is 9.19. The summed E-state index contributed by atoms with van der Waals surface area (Å²) < 4.78 is 10.6. The average molecular weight is 342 g/mol.